The molecular weight excluding hydrogens is 414 g/mol. The van der Waals surface area contributed by atoms with Gasteiger partial charge in [-0.3, -0.25) is 14.5 Å². The van der Waals surface area contributed by atoms with Gasteiger partial charge in [-0.05, 0) is 35.7 Å². The predicted molar refractivity (Wildman–Crippen MR) is 123 cm³/mol. The van der Waals surface area contributed by atoms with Crippen LogP contribution in [0.25, 0.3) is 5.57 Å². The molecule has 1 aliphatic rings. The monoisotopic (exact) mass is 433 g/mol. The Morgan fingerprint density at radius 3 is 2.13 bits per heavy atom. The van der Waals surface area contributed by atoms with Crippen LogP contribution in [0.1, 0.15) is 22.3 Å². The number of imide groups is 1. The second-order valence-electron chi connectivity index (χ2n) is 7.17. The third-order valence-corrected chi connectivity index (χ3v) is 6.34. The number of nitrogens with zero attached hydrogens (tertiary/aromatic N) is 1. The van der Waals surface area contributed by atoms with Gasteiger partial charge in [0.2, 0.25) is 0 Å². The zero-order chi connectivity index (χ0) is 21.1. The fourth-order valence-corrected chi connectivity index (χ4v) is 4.52. The number of benzene rings is 3. The van der Waals surface area contributed by atoms with E-state index in [4.69, 9.17) is 11.6 Å². The zero-order valence-corrected chi connectivity index (χ0v) is 18.0. The van der Waals surface area contributed by atoms with Crippen molar-refractivity contribution in [3.63, 3.8) is 0 Å². The maximum Gasteiger partial charge on any atom is 0.268 e. The van der Waals surface area contributed by atoms with E-state index in [2.05, 4.69) is 0 Å². The molecular formula is C25H20ClNO2S. The van der Waals surface area contributed by atoms with Crippen LogP contribution in [0.2, 0.25) is 5.02 Å². The van der Waals surface area contributed by atoms with Gasteiger partial charge >= 0.3 is 0 Å². The second-order valence-corrected chi connectivity index (χ2v) is 8.59. The lowest BCUT2D eigenvalue weighted by Crippen LogP contribution is -2.30. The standard InChI is InChI=1S/C25H20ClNO2S/c1-17-7-9-18(10-8-17)15-27-24(28)22(20-11-13-21(26)14-12-20)23(25(27)29)30-16-19-5-3-2-4-6-19/h2-14H,15-16H2,1H3. The van der Waals surface area contributed by atoms with E-state index in [1.807, 2.05) is 61.5 Å². The van der Waals surface area contributed by atoms with Crippen LogP contribution in [-0.2, 0) is 21.9 Å². The summed E-state index contributed by atoms with van der Waals surface area (Å²) < 4.78 is 0. The van der Waals surface area contributed by atoms with E-state index in [1.165, 1.54) is 16.7 Å². The number of carbonyl (C=O) groups excluding carboxylic acids is 2. The average molecular weight is 434 g/mol. The molecule has 3 nitrogen and oxygen atoms in total. The highest BCUT2D eigenvalue weighted by Gasteiger charge is 2.39. The van der Waals surface area contributed by atoms with E-state index in [0.717, 1.165) is 16.7 Å². The van der Waals surface area contributed by atoms with Crippen molar-refractivity contribution in [3.8, 4) is 0 Å². The molecule has 3 aromatic carbocycles. The van der Waals surface area contributed by atoms with Gasteiger partial charge in [0.1, 0.15) is 0 Å². The van der Waals surface area contributed by atoms with Gasteiger partial charge in [-0.15, -0.1) is 11.8 Å². The molecule has 0 aliphatic carbocycles. The van der Waals surface area contributed by atoms with Gasteiger partial charge in [0.25, 0.3) is 11.8 Å². The van der Waals surface area contributed by atoms with Crippen LogP contribution in [0, 0.1) is 6.92 Å². The number of amides is 2. The fourth-order valence-electron chi connectivity index (χ4n) is 3.31. The van der Waals surface area contributed by atoms with Gasteiger partial charge in [-0.25, -0.2) is 0 Å². The number of aryl methyl sites for hydroxylation is 1. The summed E-state index contributed by atoms with van der Waals surface area (Å²) in [6, 6.07) is 24.9. The van der Waals surface area contributed by atoms with Crippen LogP contribution in [0.15, 0.2) is 83.8 Å². The lowest BCUT2D eigenvalue weighted by molar-refractivity contribution is -0.137. The molecule has 3 aromatic rings. The molecule has 0 N–H and O–H groups in total. The molecule has 0 atom stereocenters. The molecule has 150 valence electrons. The maximum absolute atomic E-state index is 13.3. The van der Waals surface area contributed by atoms with E-state index in [-0.39, 0.29) is 18.4 Å². The summed E-state index contributed by atoms with van der Waals surface area (Å²) in [6.45, 7) is 2.26. The van der Waals surface area contributed by atoms with Gasteiger partial charge in [-0.2, -0.15) is 0 Å². The summed E-state index contributed by atoms with van der Waals surface area (Å²) in [4.78, 5) is 28.4. The van der Waals surface area contributed by atoms with Crippen LogP contribution in [0.4, 0.5) is 0 Å². The SMILES string of the molecule is Cc1ccc(CN2C(=O)C(SCc3ccccc3)=C(c3ccc(Cl)cc3)C2=O)cc1. The van der Waals surface area contributed by atoms with Crippen molar-refractivity contribution >= 4 is 40.8 Å². The Hall–Kier alpha value is -2.82. The molecule has 0 aromatic heterocycles. The minimum atomic E-state index is -0.265. The number of thioether (sulfide) groups is 1. The predicted octanol–water partition coefficient (Wildman–Crippen LogP) is 5.86. The normalized spacial score (nSPS) is 14.0. The fraction of sp³-hybridized carbons (Fsp3) is 0.120. The van der Waals surface area contributed by atoms with Crippen molar-refractivity contribution in [2.45, 2.75) is 19.2 Å². The van der Waals surface area contributed by atoms with Crippen LogP contribution in [0.3, 0.4) is 0 Å². The second kappa shape index (κ2) is 8.90. The zero-order valence-electron chi connectivity index (χ0n) is 16.5. The molecule has 0 bridgehead atoms. The summed E-state index contributed by atoms with van der Waals surface area (Å²) >= 11 is 7.43. The Morgan fingerprint density at radius 2 is 1.47 bits per heavy atom. The highest BCUT2D eigenvalue weighted by Crippen LogP contribution is 2.38. The molecule has 0 saturated carbocycles. The van der Waals surface area contributed by atoms with E-state index in [9.17, 15) is 9.59 Å². The Kier molecular flexibility index (Phi) is 6.07. The van der Waals surface area contributed by atoms with Crippen molar-refractivity contribution in [2.75, 3.05) is 0 Å². The van der Waals surface area contributed by atoms with Crippen molar-refractivity contribution < 1.29 is 9.59 Å². The molecule has 1 aliphatic heterocycles. The van der Waals surface area contributed by atoms with Crippen LogP contribution < -0.4 is 0 Å². The first-order valence-corrected chi connectivity index (χ1v) is 11.0. The van der Waals surface area contributed by atoms with E-state index >= 15 is 0 Å². The van der Waals surface area contributed by atoms with Gasteiger partial charge in [0.05, 0.1) is 17.0 Å². The quantitative estimate of drug-likeness (QED) is 0.457. The number of carbonyl (C=O) groups is 2. The summed E-state index contributed by atoms with van der Waals surface area (Å²) in [7, 11) is 0. The van der Waals surface area contributed by atoms with Crippen molar-refractivity contribution in [1.29, 1.82) is 0 Å². The van der Waals surface area contributed by atoms with E-state index in [0.29, 0.717) is 26.8 Å². The van der Waals surface area contributed by atoms with Crippen LogP contribution >= 0.6 is 23.4 Å². The average Bonchev–Trinajstić information content (AvgIpc) is 2.99. The first kappa shape index (κ1) is 20.5. The molecule has 5 heteroatoms. The first-order valence-electron chi connectivity index (χ1n) is 9.61. The Bertz CT molecular complexity index is 1110. The first-order chi connectivity index (χ1) is 14.5. The number of halogens is 1. The van der Waals surface area contributed by atoms with Crippen LogP contribution in [0.5, 0.6) is 0 Å². The van der Waals surface area contributed by atoms with Gasteiger partial charge < -0.3 is 0 Å². The molecule has 0 radical (unpaired) electrons. The van der Waals surface area contributed by atoms with Gasteiger partial charge in [0.15, 0.2) is 0 Å². The molecule has 0 fully saturated rings. The Balaban J connectivity index is 1.66. The highest BCUT2D eigenvalue weighted by molar-refractivity contribution is 8.03. The third-order valence-electron chi connectivity index (χ3n) is 4.95. The van der Waals surface area contributed by atoms with Crippen molar-refractivity contribution in [2.24, 2.45) is 0 Å². The van der Waals surface area contributed by atoms with Crippen molar-refractivity contribution in [3.05, 3.63) is 111 Å². The van der Waals surface area contributed by atoms with Gasteiger partial charge in [-0.1, -0.05) is 83.9 Å². The summed E-state index contributed by atoms with van der Waals surface area (Å²) in [5.74, 6) is 0.106. The minimum absolute atomic E-state index is 0.244. The summed E-state index contributed by atoms with van der Waals surface area (Å²) in [6.07, 6.45) is 0. The number of hydrogen-bond donors (Lipinski definition) is 0. The molecule has 0 saturated heterocycles. The smallest absolute Gasteiger partial charge is 0.268 e. The highest BCUT2D eigenvalue weighted by atomic mass is 35.5. The minimum Gasteiger partial charge on any atom is -0.269 e. The van der Waals surface area contributed by atoms with Crippen molar-refractivity contribution in [1.82, 2.24) is 4.90 Å². The molecule has 30 heavy (non-hydrogen) atoms. The molecule has 2 amide bonds. The van der Waals surface area contributed by atoms with Gasteiger partial charge in [0, 0.05) is 10.8 Å². The maximum atomic E-state index is 13.3. The topological polar surface area (TPSA) is 37.4 Å². The third kappa shape index (κ3) is 4.35. The van der Waals surface area contributed by atoms with E-state index in [1.54, 1.807) is 24.3 Å². The molecule has 0 unspecified atom stereocenters. The lowest BCUT2D eigenvalue weighted by atomic mass is 10.1. The van der Waals surface area contributed by atoms with Crippen LogP contribution in [-0.4, -0.2) is 16.7 Å². The molecule has 0 spiro atoms. The Labute approximate surface area is 185 Å². The number of rotatable bonds is 6. The lowest BCUT2D eigenvalue weighted by Gasteiger charge is -2.15. The van der Waals surface area contributed by atoms with E-state index < -0.39 is 0 Å². The largest absolute Gasteiger partial charge is 0.269 e. The molecule has 1 heterocycles. The molecule has 4 rings (SSSR count). The number of hydrogen-bond acceptors (Lipinski definition) is 3. The Morgan fingerprint density at radius 1 is 0.800 bits per heavy atom. The summed E-state index contributed by atoms with van der Waals surface area (Å²) in [5, 5.41) is 0.589. The summed E-state index contributed by atoms with van der Waals surface area (Å²) in [5.41, 5.74) is 4.32.